The van der Waals surface area contributed by atoms with Crippen LogP contribution in [0.2, 0.25) is 0 Å². The molecule has 0 saturated heterocycles. The summed E-state index contributed by atoms with van der Waals surface area (Å²) in [6, 6.07) is 12.5. The molecule has 31 heavy (non-hydrogen) atoms. The molecule has 0 bridgehead atoms. The van der Waals surface area contributed by atoms with Crippen LogP contribution in [-0.2, 0) is 13.1 Å². The molecule has 1 aliphatic rings. The molecule has 2 aromatic carbocycles. The molecule has 3 aromatic rings. The Hall–Kier alpha value is -3.68. The van der Waals surface area contributed by atoms with Crippen LogP contribution in [0.4, 0.5) is 10.2 Å². The molecule has 0 fully saturated rings. The third kappa shape index (κ3) is 4.14. The number of aromatic carboxylic acids is 1. The normalized spacial score (nSPS) is 13.7. The number of fused-ring (bicyclic) bond motifs is 1. The Kier molecular flexibility index (Phi) is 5.46. The van der Waals surface area contributed by atoms with Gasteiger partial charge in [-0.2, -0.15) is 5.10 Å². The van der Waals surface area contributed by atoms with Gasteiger partial charge in [-0.25, -0.2) is 13.9 Å². The first kappa shape index (κ1) is 20.6. The number of rotatable bonds is 6. The Morgan fingerprint density at radius 3 is 2.45 bits per heavy atom. The van der Waals surface area contributed by atoms with Crippen LogP contribution in [0.3, 0.4) is 0 Å². The zero-order chi connectivity index (χ0) is 22.1. The summed E-state index contributed by atoms with van der Waals surface area (Å²) < 4.78 is 15.1. The maximum atomic E-state index is 13.2. The zero-order valence-electron chi connectivity index (χ0n) is 17.3. The lowest BCUT2D eigenvalue weighted by Gasteiger charge is -2.20. The minimum absolute atomic E-state index is 0.198. The fourth-order valence-corrected chi connectivity index (χ4v) is 3.86. The number of benzene rings is 2. The smallest absolute Gasteiger partial charge is 0.335 e. The summed E-state index contributed by atoms with van der Waals surface area (Å²) in [6.45, 7) is 5.60. The Balaban J connectivity index is 1.54. The summed E-state index contributed by atoms with van der Waals surface area (Å²) in [5, 5.41) is 16.6. The summed E-state index contributed by atoms with van der Waals surface area (Å²) >= 11 is 0. The van der Waals surface area contributed by atoms with Crippen LogP contribution < -0.4 is 10.2 Å². The Bertz CT molecular complexity index is 1120. The summed E-state index contributed by atoms with van der Waals surface area (Å²) in [6.07, 6.45) is 0. The maximum absolute atomic E-state index is 13.2. The molecular weight excluding hydrogens is 399 g/mol. The molecule has 7 nitrogen and oxygen atoms in total. The number of nitrogens with zero attached hydrogens (tertiary/aromatic N) is 3. The summed E-state index contributed by atoms with van der Waals surface area (Å²) in [5.41, 5.74) is 3.12. The van der Waals surface area contributed by atoms with E-state index in [4.69, 9.17) is 5.11 Å². The second kappa shape index (κ2) is 8.22. The highest BCUT2D eigenvalue weighted by Crippen LogP contribution is 2.30. The van der Waals surface area contributed by atoms with E-state index < -0.39 is 5.97 Å². The number of carbonyl (C=O) groups excluding carboxylic acids is 1. The molecule has 0 unspecified atom stereocenters. The van der Waals surface area contributed by atoms with Crippen LogP contribution in [0.5, 0.6) is 0 Å². The zero-order valence-corrected chi connectivity index (χ0v) is 17.3. The van der Waals surface area contributed by atoms with Gasteiger partial charge in [0.1, 0.15) is 17.2 Å². The van der Waals surface area contributed by atoms with Gasteiger partial charge in [-0.1, -0.05) is 24.3 Å². The van der Waals surface area contributed by atoms with Crippen molar-refractivity contribution in [3.05, 3.63) is 82.3 Å². The van der Waals surface area contributed by atoms with Gasteiger partial charge < -0.3 is 15.3 Å². The Morgan fingerprint density at radius 1 is 1.13 bits per heavy atom. The second-order valence-electron chi connectivity index (χ2n) is 7.68. The molecular formula is C23H23FN4O3. The van der Waals surface area contributed by atoms with Crippen LogP contribution in [-0.4, -0.2) is 33.3 Å². The quantitative estimate of drug-likeness (QED) is 0.635. The fourth-order valence-electron chi connectivity index (χ4n) is 3.86. The van der Waals surface area contributed by atoms with Crippen LogP contribution in [0.25, 0.3) is 0 Å². The van der Waals surface area contributed by atoms with Gasteiger partial charge in [-0.15, -0.1) is 0 Å². The fraction of sp³-hybridized carbons (Fsp3) is 0.261. The first-order valence-corrected chi connectivity index (χ1v) is 10.0. The topological polar surface area (TPSA) is 87.5 Å². The van der Waals surface area contributed by atoms with Crippen molar-refractivity contribution in [1.82, 2.24) is 15.1 Å². The summed E-state index contributed by atoms with van der Waals surface area (Å²) in [7, 11) is 0. The highest BCUT2D eigenvalue weighted by atomic mass is 19.1. The average Bonchev–Trinajstić information content (AvgIpc) is 3.27. The predicted octanol–water partition coefficient (Wildman–Crippen LogP) is 3.54. The van der Waals surface area contributed by atoms with Gasteiger partial charge in [0.15, 0.2) is 0 Å². The van der Waals surface area contributed by atoms with Gasteiger partial charge in [-0.3, -0.25) is 4.79 Å². The van der Waals surface area contributed by atoms with Crippen molar-refractivity contribution in [2.24, 2.45) is 0 Å². The van der Waals surface area contributed by atoms with Gasteiger partial charge in [0.05, 0.1) is 23.8 Å². The van der Waals surface area contributed by atoms with Gasteiger partial charge in [0.25, 0.3) is 5.91 Å². The van der Waals surface area contributed by atoms with Crippen LogP contribution in [0.1, 0.15) is 50.5 Å². The van der Waals surface area contributed by atoms with Crippen molar-refractivity contribution < 1.29 is 19.1 Å². The number of nitrogens with one attached hydrogen (secondary N) is 1. The third-order valence-electron chi connectivity index (χ3n) is 5.50. The van der Waals surface area contributed by atoms with E-state index in [1.807, 2.05) is 18.5 Å². The molecule has 8 heteroatoms. The number of carbonyl (C=O) groups is 2. The molecule has 4 rings (SSSR count). The lowest BCUT2D eigenvalue weighted by atomic mass is 10.1. The van der Waals surface area contributed by atoms with Crippen molar-refractivity contribution in [3.8, 4) is 0 Å². The molecule has 1 aliphatic heterocycles. The third-order valence-corrected chi connectivity index (χ3v) is 5.50. The molecule has 1 atom stereocenters. The van der Waals surface area contributed by atoms with Crippen LogP contribution in [0, 0.1) is 12.7 Å². The number of aromatic nitrogens is 2. The minimum Gasteiger partial charge on any atom is -0.478 e. The Morgan fingerprint density at radius 2 is 1.81 bits per heavy atom. The number of carboxylic acids is 1. The molecule has 0 aliphatic carbocycles. The molecule has 1 aromatic heterocycles. The van der Waals surface area contributed by atoms with E-state index in [9.17, 15) is 14.0 Å². The van der Waals surface area contributed by atoms with Crippen molar-refractivity contribution in [2.75, 3.05) is 11.4 Å². The van der Waals surface area contributed by atoms with Crippen molar-refractivity contribution >= 4 is 17.7 Å². The SMILES string of the molecule is Cc1nn2c(c1C(=O)N[C@@H](C)c1ccc(C(=O)O)cc1)N(Cc1ccc(F)cc1)CC2. The van der Waals surface area contributed by atoms with Crippen LogP contribution in [0.15, 0.2) is 48.5 Å². The lowest BCUT2D eigenvalue weighted by Crippen LogP contribution is -2.29. The van der Waals surface area contributed by atoms with Crippen molar-refractivity contribution in [3.63, 3.8) is 0 Å². The van der Waals surface area contributed by atoms with E-state index in [1.54, 1.807) is 24.3 Å². The van der Waals surface area contributed by atoms with Gasteiger partial charge >= 0.3 is 5.97 Å². The van der Waals surface area contributed by atoms with E-state index in [2.05, 4.69) is 15.3 Å². The number of hydrogen-bond donors (Lipinski definition) is 2. The lowest BCUT2D eigenvalue weighted by molar-refractivity contribution is 0.0696. The number of anilines is 1. The standard InChI is InChI=1S/C23H23FN4O3/c1-14(17-5-7-18(8-6-17)23(30)31)25-21(29)20-15(2)26-28-12-11-27(22(20)28)13-16-3-9-19(24)10-4-16/h3-10,14H,11-13H2,1-2H3,(H,25,29)(H,30,31)/t14-/m0/s1. The summed E-state index contributed by atoms with van der Waals surface area (Å²) in [4.78, 5) is 26.3. The molecule has 0 saturated carbocycles. The van der Waals surface area contributed by atoms with Gasteiger partial charge in [0, 0.05) is 13.1 Å². The number of amides is 1. The molecule has 0 radical (unpaired) electrons. The molecule has 0 spiro atoms. The maximum Gasteiger partial charge on any atom is 0.335 e. The van der Waals surface area contributed by atoms with E-state index >= 15 is 0 Å². The van der Waals surface area contributed by atoms with Gasteiger partial charge in [-0.05, 0) is 49.2 Å². The molecule has 160 valence electrons. The van der Waals surface area contributed by atoms with E-state index in [0.717, 1.165) is 16.9 Å². The second-order valence-corrected chi connectivity index (χ2v) is 7.68. The first-order valence-electron chi connectivity index (χ1n) is 10.0. The van der Waals surface area contributed by atoms with E-state index in [0.29, 0.717) is 30.9 Å². The predicted molar refractivity (Wildman–Crippen MR) is 114 cm³/mol. The highest BCUT2D eigenvalue weighted by molar-refractivity contribution is 6.00. The molecule has 2 N–H and O–H groups in total. The number of carboxylic acid groups (broad SMARTS) is 1. The largest absolute Gasteiger partial charge is 0.478 e. The van der Waals surface area contributed by atoms with Gasteiger partial charge in [0.2, 0.25) is 0 Å². The Labute approximate surface area is 179 Å². The average molecular weight is 422 g/mol. The number of aryl methyl sites for hydroxylation is 1. The van der Waals surface area contributed by atoms with Crippen molar-refractivity contribution in [2.45, 2.75) is 33.0 Å². The highest BCUT2D eigenvalue weighted by Gasteiger charge is 2.30. The monoisotopic (exact) mass is 422 g/mol. The summed E-state index contributed by atoms with van der Waals surface area (Å²) in [5.74, 6) is -0.751. The minimum atomic E-state index is -0.990. The number of hydrogen-bond acceptors (Lipinski definition) is 4. The first-order chi connectivity index (χ1) is 14.8. The van der Waals surface area contributed by atoms with Crippen LogP contribution >= 0.6 is 0 Å². The van der Waals surface area contributed by atoms with E-state index in [1.165, 1.54) is 24.3 Å². The molecule has 1 amide bonds. The molecule has 2 heterocycles. The number of halogens is 1. The van der Waals surface area contributed by atoms with Crippen molar-refractivity contribution in [1.29, 1.82) is 0 Å². The van der Waals surface area contributed by atoms with E-state index in [-0.39, 0.29) is 23.3 Å².